The summed E-state index contributed by atoms with van der Waals surface area (Å²) in [5.74, 6) is 3.44. The van der Waals surface area contributed by atoms with Gasteiger partial charge >= 0.3 is 0 Å². The lowest BCUT2D eigenvalue weighted by molar-refractivity contribution is 0.596. The van der Waals surface area contributed by atoms with Crippen molar-refractivity contribution in [3.63, 3.8) is 0 Å². The molecule has 1 atom stereocenters. The van der Waals surface area contributed by atoms with E-state index >= 15 is 0 Å². The lowest BCUT2D eigenvalue weighted by Crippen LogP contribution is -2.11. The van der Waals surface area contributed by atoms with Crippen LogP contribution in [0.25, 0.3) is 11.0 Å². The Balaban J connectivity index is 2.46. The van der Waals surface area contributed by atoms with Gasteiger partial charge in [-0.3, -0.25) is 0 Å². The average Bonchev–Trinajstić information content (AvgIpc) is 2.73. The number of imidazole rings is 1. The third-order valence-electron chi connectivity index (χ3n) is 3.11. The van der Waals surface area contributed by atoms with E-state index in [4.69, 9.17) is 10.7 Å². The van der Waals surface area contributed by atoms with Crippen molar-refractivity contribution in [2.75, 3.05) is 17.2 Å². The maximum Gasteiger partial charge on any atom is 0.109 e. The van der Waals surface area contributed by atoms with E-state index in [2.05, 4.69) is 31.4 Å². The first-order valence-corrected chi connectivity index (χ1v) is 7.66. The Morgan fingerprint density at radius 3 is 2.83 bits per heavy atom. The van der Waals surface area contributed by atoms with Crippen LogP contribution in [0.15, 0.2) is 18.2 Å². The number of hydrogen-bond donors (Lipinski definition) is 1. The van der Waals surface area contributed by atoms with E-state index < -0.39 is 0 Å². The lowest BCUT2D eigenvalue weighted by atomic mass is 10.2. The molecule has 0 amide bonds. The Morgan fingerprint density at radius 1 is 1.39 bits per heavy atom. The van der Waals surface area contributed by atoms with E-state index in [1.54, 1.807) is 0 Å². The number of aryl methyl sites for hydroxylation is 1. The summed E-state index contributed by atoms with van der Waals surface area (Å²) in [6, 6.07) is 6.48. The predicted molar refractivity (Wildman–Crippen MR) is 81.2 cm³/mol. The molecule has 2 N–H and O–H groups in total. The average molecular weight is 263 g/mol. The molecule has 0 fully saturated rings. The van der Waals surface area contributed by atoms with Crippen molar-refractivity contribution in [2.45, 2.75) is 33.2 Å². The predicted octanol–water partition coefficient (Wildman–Crippen LogP) is 3.50. The van der Waals surface area contributed by atoms with Crippen LogP contribution in [-0.2, 0) is 6.42 Å². The molecule has 1 aromatic carbocycles. The summed E-state index contributed by atoms with van der Waals surface area (Å²) in [4.78, 5) is 4.69. The number of hydrogen-bond acceptors (Lipinski definition) is 3. The highest BCUT2D eigenvalue weighted by Gasteiger charge is 2.14. The molecular formula is C14H21N3S. The van der Waals surface area contributed by atoms with Crippen molar-refractivity contribution in [2.24, 2.45) is 0 Å². The van der Waals surface area contributed by atoms with Crippen LogP contribution in [0.4, 0.5) is 5.69 Å². The van der Waals surface area contributed by atoms with Gasteiger partial charge in [-0.1, -0.05) is 13.8 Å². The fraction of sp³-hybridized carbons (Fsp3) is 0.500. The highest BCUT2D eigenvalue weighted by atomic mass is 32.2. The van der Waals surface area contributed by atoms with Gasteiger partial charge in [0.05, 0.1) is 11.0 Å². The number of anilines is 1. The van der Waals surface area contributed by atoms with Crippen LogP contribution in [0.2, 0.25) is 0 Å². The summed E-state index contributed by atoms with van der Waals surface area (Å²) in [6.07, 6.45) is 0.954. The first kappa shape index (κ1) is 13.3. The second kappa shape index (κ2) is 5.65. The molecule has 0 radical (unpaired) electrons. The third-order valence-corrected chi connectivity index (χ3v) is 4.23. The highest BCUT2D eigenvalue weighted by Crippen LogP contribution is 2.25. The number of rotatable bonds is 5. The molecule has 1 aromatic heterocycles. The van der Waals surface area contributed by atoms with Crippen LogP contribution < -0.4 is 5.73 Å². The third kappa shape index (κ3) is 2.48. The minimum atomic E-state index is 0.471. The number of nitrogen functional groups attached to an aromatic ring is 1. The maximum atomic E-state index is 5.83. The normalized spacial score (nSPS) is 13.1. The van der Waals surface area contributed by atoms with Gasteiger partial charge in [-0.2, -0.15) is 11.8 Å². The van der Waals surface area contributed by atoms with Gasteiger partial charge in [0.2, 0.25) is 0 Å². The maximum absolute atomic E-state index is 5.83. The smallest absolute Gasteiger partial charge is 0.109 e. The lowest BCUT2D eigenvalue weighted by Gasteiger charge is -2.16. The minimum absolute atomic E-state index is 0.471. The van der Waals surface area contributed by atoms with Crippen molar-refractivity contribution >= 4 is 28.5 Å². The topological polar surface area (TPSA) is 43.8 Å². The number of nitrogens with two attached hydrogens (primary N) is 1. The summed E-state index contributed by atoms with van der Waals surface area (Å²) in [6.45, 7) is 6.62. The molecule has 4 heteroatoms. The molecule has 0 aliphatic heterocycles. The first-order valence-electron chi connectivity index (χ1n) is 6.51. The van der Waals surface area contributed by atoms with Gasteiger partial charge in [0, 0.05) is 23.9 Å². The second-order valence-corrected chi connectivity index (χ2v) is 5.83. The van der Waals surface area contributed by atoms with Crippen molar-refractivity contribution < 1.29 is 0 Å². The summed E-state index contributed by atoms with van der Waals surface area (Å²) < 4.78 is 2.36. The summed E-state index contributed by atoms with van der Waals surface area (Å²) in [5, 5.41) is 0. The molecule has 0 aliphatic rings. The SMILES string of the molecule is CCSCC(C)n1c(CC)nc2cc(N)ccc21. The van der Waals surface area contributed by atoms with E-state index in [1.165, 1.54) is 5.52 Å². The van der Waals surface area contributed by atoms with Gasteiger partial charge < -0.3 is 10.3 Å². The van der Waals surface area contributed by atoms with Crippen molar-refractivity contribution in [3.05, 3.63) is 24.0 Å². The Labute approximate surface area is 113 Å². The standard InChI is InChI=1S/C14H21N3S/c1-4-14-16-12-8-11(15)6-7-13(12)17(14)10(3)9-18-5-2/h6-8,10H,4-5,9,15H2,1-3H3. The van der Waals surface area contributed by atoms with Crippen LogP contribution in [0.3, 0.4) is 0 Å². The van der Waals surface area contributed by atoms with Crippen LogP contribution in [0.1, 0.15) is 32.6 Å². The number of thioether (sulfide) groups is 1. The quantitative estimate of drug-likeness (QED) is 0.840. The zero-order valence-corrected chi connectivity index (χ0v) is 12.1. The van der Waals surface area contributed by atoms with Gasteiger partial charge in [0.25, 0.3) is 0 Å². The number of benzene rings is 1. The molecule has 0 saturated carbocycles. The highest BCUT2D eigenvalue weighted by molar-refractivity contribution is 7.99. The van der Waals surface area contributed by atoms with Gasteiger partial charge in [-0.15, -0.1) is 0 Å². The van der Waals surface area contributed by atoms with E-state index in [0.29, 0.717) is 6.04 Å². The molecule has 1 unspecified atom stereocenters. The zero-order chi connectivity index (χ0) is 13.1. The molecule has 2 rings (SSSR count). The van der Waals surface area contributed by atoms with Crippen LogP contribution in [0, 0.1) is 0 Å². The summed E-state index contributed by atoms with van der Waals surface area (Å²) >= 11 is 1.97. The molecule has 2 aromatic rings. The molecule has 18 heavy (non-hydrogen) atoms. The van der Waals surface area contributed by atoms with Crippen molar-refractivity contribution in [1.29, 1.82) is 0 Å². The largest absolute Gasteiger partial charge is 0.399 e. The molecule has 1 heterocycles. The number of fused-ring (bicyclic) bond motifs is 1. The molecule has 0 saturated heterocycles. The van der Waals surface area contributed by atoms with Crippen molar-refractivity contribution in [3.8, 4) is 0 Å². The Kier molecular flexibility index (Phi) is 4.17. The fourth-order valence-corrected chi connectivity index (χ4v) is 3.00. The van der Waals surface area contributed by atoms with E-state index in [1.807, 2.05) is 23.9 Å². The van der Waals surface area contributed by atoms with Crippen LogP contribution >= 0.6 is 11.8 Å². The molecule has 0 bridgehead atoms. The molecule has 0 spiro atoms. The fourth-order valence-electron chi connectivity index (χ4n) is 2.27. The number of nitrogens with zero attached hydrogens (tertiary/aromatic N) is 2. The summed E-state index contributed by atoms with van der Waals surface area (Å²) in [5.41, 5.74) is 8.82. The van der Waals surface area contributed by atoms with E-state index in [9.17, 15) is 0 Å². The van der Waals surface area contributed by atoms with Gasteiger partial charge in [-0.25, -0.2) is 4.98 Å². The Morgan fingerprint density at radius 2 is 2.17 bits per heavy atom. The molecule has 3 nitrogen and oxygen atoms in total. The van der Waals surface area contributed by atoms with Crippen LogP contribution in [0.5, 0.6) is 0 Å². The minimum Gasteiger partial charge on any atom is -0.399 e. The van der Waals surface area contributed by atoms with Gasteiger partial charge in [0.15, 0.2) is 0 Å². The van der Waals surface area contributed by atoms with Gasteiger partial charge in [-0.05, 0) is 30.9 Å². The second-order valence-electron chi connectivity index (χ2n) is 4.51. The van der Waals surface area contributed by atoms with E-state index in [0.717, 1.165) is 35.0 Å². The molecule has 0 aliphatic carbocycles. The first-order chi connectivity index (χ1) is 8.67. The summed E-state index contributed by atoms with van der Waals surface area (Å²) in [7, 11) is 0. The number of aromatic nitrogens is 2. The van der Waals surface area contributed by atoms with Crippen molar-refractivity contribution in [1.82, 2.24) is 9.55 Å². The Hall–Kier alpha value is -1.16. The molecule has 98 valence electrons. The molecular weight excluding hydrogens is 242 g/mol. The zero-order valence-electron chi connectivity index (χ0n) is 11.3. The van der Waals surface area contributed by atoms with Gasteiger partial charge in [0.1, 0.15) is 5.82 Å². The monoisotopic (exact) mass is 263 g/mol. The Bertz CT molecular complexity index is 533. The van der Waals surface area contributed by atoms with E-state index in [-0.39, 0.29) is 0 Å². The van der Waals surface area contributed by atoms with Crippen LogP contribution in [-0.4, -0.2) is 21.1 Å².